The Morgan fingerprint density at radius 2 is 1.95 bits per heavy atom. The number of carbonyl (C=O) groups is 3. The Balaban J connectivity index is 1.20. The molecule has 1 aromatic carbocycles. The molecule has 4 heterocycles. The van der Waals surface area contributed by atoms with Crippen molar-refractivity contribution in [2.24, 2.45) is 0 Å². The average Bonchev–Trinajstić information content (AvgIpc) is 3.60. The lowest BCUT2D eigenvalue weighted by Gasteiger charge is -2.30. The summed E-state index contributed by atoms with van der Waals surface area (Å²) < 4.78 is 38.8. The highest BCUT2D eigenvalue weighted by Crippen LogP contribution is 2.30. The largest absolute Gasteiger partial charge is 0.417 e. The fraction of sp³-hybridized carbons (Fsp3) is 0.296. The van der Waals surface area contributed by atoms with Crippen molar-refractivity contribution in [3.05, 3.63) is 80.9 Å². The Hall–Kier alpha value is -4.26. The summed E-state index contributed by atoms with van der Waals surface area (Å²) in [6, 6.07) is 7.08. The molecule has 0 radical (unpaired) electrons. The smallest absolute Gasteiger partial charge is 0.347 e. The first-order valence-corrected chi connectivity index (χ1v) is 13.4. The minimum atomic E-state index is -4.52. The van der Waals surface area contributed by atoms with Crippen LogP contribution < -0.4 is 10.6 Å². The summed E-state index contributed by atoms with van der Waals surface area (Å²) >= 11 is 1.30. The Labute approximate surface area is 230 Å². The number of H-pyrrole nitrogens is 1. The third-order valence-electron chi connectivity index (χ3n) is 6.69. The molecule has 4 aromatic rings. The Kier molecular flexibility index (Phi) is 7.57. The number of benzene rings is 1. The van der Waals surface area contributed by atoms with E-state index in [1.54, 1.807) is 35.4 Å². The van der Waals surface area contributed by atoms with Crippen molar-refractivity contribution in [2.45, 2.75) is 45.1 Å². The van der Waals surface area contributed by atoms with Gasteiger partial charge in [0.05, 0.1) is 22.2 Å². The van der Waals surface area contributed by atoms with Crippen molar-refractivity contribution in [3.63, 3.8) is 0 Å². The third-order valence-corrected chi connectivity index (χ3v) is 7.93. The summed E-state index contributed by atoms with van der Waals surface area (Å²) in [6.45, 7) is 2.46. The van der Waals surface area contributed by atoms with Crippen LogP contribution in [-0.4, -0.2) is 50.4 Å². The standard InChI is InChI=1S/C27H25F3N6O3S/c1-2-20(34-24(37)16-3-4-21-17(8-16)12-33-35-21)26(39)36-6-5-22-18(14-36)9-23(40-22)25(38)32-11-15-7-19(13-31-10-15)27(28,29)30/h3-4,7-10,12-13,20H,2,5-6,11,14H2,1H3,(H,32,38)(H,33,35)(H,34,37)/t20-/m1/s1. The van der Waals surface area contributed by atoms with E-state index in [9.17, 15) is 27.6 Å². The number of thiophene rings is 1. The molecule has 0 fully saturated rings. The van der Waals surface area contributed by atoms with E-state index < -0.39 is 23.7 Å². The zero-order valence-electron chi connectivity index (χ0n) is 21.3. The monoisotopic (exact) mass is 570 g/mol. The van der Waals surface area contributed by atoms with Crippen molar-refractivity contribution in [2.75, 3.05) is 6.54 Å². The molecule has 0 bridgehead atoms. The summed E-state index contributed by atoms with van der Waals surface area (Å²) in [4.78, 5) is 45.6. The molecule has 3 N–H and O–H groups in total. The molecule has 0 unspecified atom stereocenters. The summed E-state index contributed by atoms with van der Waals surface area (Å²) in [6.07, 6.45) is 0.0776. The van der Waals surface area contributed by atoms with Crippen molar-refractivity contribution in [1.29, 1.82) is 0 Å². The minimum absolute atomic E-state index is 0.103. The van der Waals surface area contributed by atoms with Crippen LogP contribution in [0.1, 0.15) is 54.9 Å². The molecule has 3 aromatic heterocycles. The highest BCUT2D eigenvalue weighted by Gasteiger charge is 2.31. The van der Waals surface area contributed by atoms with Gasteiger partial charge in [0.15, 0.2) is 0 Å². The molecule has 1 aliphatic heterocycles. The van der Waals surface area contributed by atoms with E-state index in [-0.39, 0.29) is 23.9 Å². The number of pyridine rings is 1. The van der Waals surface area contributed by atoms with Crippen LogP contribution in [0.25, 0.3) is 10.9 Å². The van der Waals surface area contributed by atoms with E-state index in [0.29, 0.717) is 36.4 Å². The van der Waals surface area contributed by atoms with Gasteiger partial charge in [0.25, 0.3) is 11.8 Å². The number of hydrogen-bond acceptors (Lipinski definition) is 6. The van der Waals surface area contributed by atoms with E-state index in [1.807, 2.05) is 6.92 Å². The van der Waals surface area contributed by atoms with Crippen molar-refractivity contribution >= 4 is 40.0 Å². The van der Waals surface area contributed by atoms with E-state index in [4.69, 9.17) is 0 Å². The molecule has 0 saturated heterocycles. The maximum absolute atomic E-state index is 13.3. The average molecular weight is 571 g/mol. The van der Waals surface area contributed by atoms with E-state index in [2.05, 4.69) is 25.8 Å². The number of carbonyl (C=O) groups excluding carboxylic acids is 3. The lowest BCUT2D eigenvalue weighted by molar-refractivity contribution is -0.138. The van der Waals surface area contributed by atoms with Crippen molar-refractivity contribution in [1.82, 2.24) is 30.7 Å². The molecule has 40 heavy (non-hydrogen) atoms. The van der Waals surface area contributed by atoms with Crippen LogP contribution in [0.3, 0.4) is 0 Å². The van der Waals surface area contributed by atoms with Crippen LogP contribution in [0.4, 0.5) is 13.2 Å². The lowest BCUT2D eigenvalue weighted by Crippen LogP contribution is -2.49. The van der Waals surface area contributed by atoms with Gasteiger partial charge in [-0.25, -0.2) is 0 Å². The van der Waals surface area contributed by atoms with Gasteiger partial charge in [-0.3, -0.25) is 24.5 Å². The zero-order valence-corrected chi connectivity index (χ0v) is 22.2. The van der Waals surface area contributed by atoms with Crippen molar-refractivity contribution < 1.29 is 27.6 Å². The number of nitrogens with one attached hydrogen (secondary N) is 3. The molecular weight excluding hydrogens is 545 g/mol. The van der Waals surface area contributed by atoms with Crippen LogP contribution in [0.15, 0.2) is 48.9 Å². The van der Waals surface area contributed by atoms with Gasteiger partial charge in [0.1, 0.15) is 6.04 Å². The molecule has 0 spiro atoms. The van der Waals surface area contributed by atoms with Gasteiger partial charge in [0.2, 0.25) is 5.91 Å². The lowest BCUT2D eigenvalue weighted by atomic mass is 10.1. The van der Waals surface area contributed by atoms with Gasteiger partial charge in [-0.2, -0.15) is 18.3 Å². The normalized spacial score (nSPS) is 14.1. The van der Waals surface area contributed by atoms with Crippen LogP contribution in [0.2, 0.25) is 0 Å². The number of amides is 3. The number of aromatic nitrogens is 3. The van der Waals surface area contributed by atoms with Gasteiger partial charge >= 0.3 is 6.18 Å². The molecular formula is C27H25F3N6O3S. The number of alkyl halides is 3. The fourth-order valence-corrected chi connectivity index (χ4v) is 5.61. The second-order valence-corrected chi connectivity index (χ2v) is 10.6. The number of halogens is 3. The molecule has 208 valence electrons. The van der Waals surface area contributed by atoms with Crippen molar-refractivity contribution in [3.8, 4) is 0 Å². The topological polar surface area (TPSA) is 120 Å². The first kappa shape index (κ1) is 27.3. The second-order valence-electron chi connectivity index (χ2n) is 9.44. The highest BCUT2D eigenvalue weighted by molar-refractivity contribution is 7.14. The highest BCUT2D eigenvalue weighted by atomic mass is 32.1. The molecule has 3 amide bonds. The quantitative estimate of drug-likeness (QED) is 0.310. The number of aromatic amines is 1. The van der Waals surface area contributed by atoms with Crippen LogP contribution >= 0.6 is 11.3 Å². The Morgan fingerprint density at radius 1 is 1.12 bits per heavy atom. The summed E-state index contributed by atoms with van der Waals surface area (Å²) in [7, 11) is 0. The first-order chi connectivity index (χ1) is 19.1. The molecule has 0 saturated carbocycles. The molecule has 1 aliphatic rings. The predicted molar refractivity (Wildman–Crippen MR) is 141 cm³/mol. The Morgan fingerprint density at radius 3 is 2.73 bits per heavy atom. The van der Waals surface area contributed by atoms with Crippen LogP contribution in [0, 0.1) is 0 Å². The summed E-state index contributed by atoms with van der Waals surface area (Å²) in [5.74, 6) is -0.977. The predicted octanol–water partition coefficient (Wildman–Crippen LogP) is 4.06. The van der Waals surface area contributed by atoms with Gasteiger partial charge < -0.3 is 15.5 Å². The molecule has 9 nitrogen and oxygen atoms in total. The second kappa shape index (κ2) is 11.1. The van der Waals surface area contributed by atoms with E-state index in [1.165, 1.54) is 17.5 Å². The molecule has 1 atom stereocenters. The minimum Gasteiger partial charge on any atom is -0.347 e. The number of rotatable bonds is 7. The molecule has 0 aliphatic carbocycles. The summed E-state index contributed by atoms with van der Waals surface area (Å²) in [5, 5.41) is 13.0. The molecule has 13 heteroatoms. The maximum Gasteiger partial charge on any atom is 0.417 e. The number of hydrogen-bond donors (Lipinski definition) is 3. The third kappa shape index (κ3) is 5.83. The van der Waals surface area contributed by atoms with E-state index >= 15 is 0 Å². The van der Waals surface area contributed by atoms with Crippen LogP contribution in [0.5, 0.6) is 0 Å². The fourth-order valence-electron chi connectivity index (χ4n) is 4.53. The summed E-state index contributed by atoms with van der Waals surface area (Å²) in [5.41, 5.74) is 1.42. The van der Waals surface area contributed by atoms with Crippen LogP contribution in [-0.2, 0) is 30.5 Å². The maximum atomic E-state index is 13.3. The first-order valence-electron chi connectivity index (χ1n) is 12.6. The van der Waals surface area contributed by atoms with Gasteiger partial charge in [-0.1, -0.05) is 6.92 Å². The van der Waals surface area contributed by atoms with Gasteiger partial charge in [-0.15, -0.1) is 11.3 Å². The van der Waals surface area contributed by atoms with Gasteiger partial charge in [-0.05, 0) is 54.3 Å². The Bertz CT molecular complexity index is 1580. The van der Waals surface area contributed by atoms with Gasteiger partial charge in [0, 0.05) is 47.9 Å². The number of nitrogens with zero attached hydrogens (tertiary/aromatic N) is 3. The number of fused-ring (bicyclic) bond motifs is 2. The zero-order chi connectivity index (χ0) is 28.4. The van der Waals surface area contributed by atoms with E-state index in [0.717, 1.165) is 33.6 Å². The SMILES string of the molecule is CC[C@@H](NC(=O)c1ccc2[nH]ncc2c1)C(=O)N1CCc2sc(C(=O)NCc3cncc(C(F)(F)F)c3)cc2C1. The molecule has 5 rings (SSSR count).